The van der Waals surface area contributed by atoms with Gasteiger partial charge in [-0.2, -0.15) is 5.10 Å². The summed E-state index contributed by atoms with van der Waals surface area (Å²) in [6.07, 6.45) is 2.27. The third-order valence-electron chi connectivity index (χ3n) is 4.75. The summed E-state index contributed by atoms with van der Waals surface area (Å²) in [5.74, 6) is -0.239. The third kappa shape index (κ3) is 4.17. The van der Waals surface area contributed by atoms with Crippen LogP contribution in [0.5, 0.6) is 0 Å². The average Bonchev–Trinajstić information content (AvgIpc) is 3.09. The number of aromatic nitrogens is 2. The molecule has 7 nitrogen and oxygen atoms in total. The Labute approximate surface area is 171 Å². The predicted molar refractivity (Wildman–Crippen MR) is 114 cm³/mol. The van der Waals surface area contributed by atoms with Gasteiger partial charge in [0.2, 0.25) is 0 Å². The highest BCUT2D eigenvalue weighted by molar-refractivity contribution is 7.92. The van der Waals surface area contributed by atoms with Gasteiger partial charge in [-0.05, 0) is 43.2 Å². The van der Waals surface area contributed by atoms with Crippen LogP contribution in [0.15, 0.2) is 59.6 Å². The quantitative estimate of drug-likeness (QED) is 0.673. The van der Waals surface area contributed by atoms with E-state index in [0.717, 1.165) is 21.9 Å². The second-order valence-electron chi connectivity index (χ2n) is 6.80. The molecule has 0 radical (unpaired) electrons. The molecular formula is C21H24N4O3S. The third-order valence-corrected chi connectivity index (χ3v) is 6.51. The van der Waals surface area contributed by atoms with Crippen molar-refractivity contribution in [3.63, 3.8) is 0 Å². The van der Waals surface area contributed by atoms with Crippen LogP contribution in [0, 0.1) is 6.92 Å². The molecule has 1 aromatic heterocycles. The molecule has 0 aliphatic carbocycles. The molecule has 1 amide bonds. The molecule has 0 aliphatic rings. The summed E-state index contributed by atoms with van der Waals surface area (Å²) >= 11 is 0. The summed E-state index contributed by atoms with van der Waals surface area (Å²) in [6.45, 7) is 3.94. The second kappa shape index (κ2) is 8.08. The van der Waals surface area contributed by atoms with Crippen LogP contribution in [0.1, 0.15) is 28.4 Å². The Balaban J connectivity index is 1.91. The van der Waals surface area contributed by atoms with Crippen molar-refractivity contribution in [2.24, 2.45) is 7.05 Å². The highest BCUT2D eigenvalue weighted by atomic mass is 32.2. The Hall–Kier alpha value is -3.13. The molecule has 0 atom stereocenters. The number of aryl methyl sites for hydroxylation is 3. The van der Waals surface area contributed by atoms with Crippen molar-refractivity contribution >= 4 is 27.4 Å². The average molecular weight is 413 g/mol. The fourth-order valence-corrected chi connectivity index (χ4v) is 4.21. The number of carbonyl (C=O) groups is 1. The maximum atomic E-state index is 13.1. The zero-order valence-electron chi connectivity index (χ0n) is 16.9. The summed E-state index contributed by atoms with van der Waals surface area (Å²) in [5, 5.41) is 6.90. The fourth-order valence-electron chi connectivity index (χ4n) is 2.97. The summed E-state index contributed by atoms with van der Waals surface area (Å²) in [6, 6.07) is 14.1. The van der Waals surface area contributed by atoms with Crippen LogP contribution in [-0.4, -0.2) is 31.2 Å². The van der Waals surface area contributed by atoms with Crippen LogP contribution in [0.4, 0.5) is 11.5 Å². The van der Waals surface area contributed by atoms with Crippen molar-refractivity contribution < 1.29 is 13.2 Å². The van der Waals surface area contributed by atoms with Gasteiger partial charge in [0.05, 0.1) is 11.1 Å². The monoisotopic (exact) mass is 412 g/mol. The van der Waals surface area contributed by atoms with Crippen LogP contribution in [-0.2, 0) is 23.5 Å². The molecule has 3 aromatic rings. The number of carbonyl (C=O) groups excluding carboxylic acids is 1. The lowest BCUT2D eigenvalue weighted by Crippen LogP contribution is -2.30. The van der Waals surface area contributed by atoms with E-state index in [1.54, 1.807) is 31.3 Å². The standard InChI is InChI=1S/C21H24N4O3S/c1-5-16-8-10-17(11-9-16)23-20(26)19-14-22-24(3)21(19)25(4)29(27,28)18-12-6-15(2)7-13-18/h6-14H,5H2,1-4H3,(H,23,26). The van der Waals surface area contributed by atoms with Gasteiger partial charge in [-0.3, -0.25) is 13.8 Å². The Bertz CT molecular complexity index is 1120. The second-order valence-corrected chi connectivity index (χ2v) is 8.76. The molecule has 3 rings (SSSR count). The normalized spacial score (nSPS) is 11.3. The van der Waals surface area contributed by atoms with Gasteiger partial charge >= 0.3 is 0 Å². The lowest BCUT2D eigenvalue weighted by Gasteiger charge is -2.21. The molecule has 0 aliphatic heterocycles. The number of hydrogen-bond acceptors (Lipinski definition) is 4. The van der Waals surface area contributed by atoms with Crippen molar-refractivity contribution in [1.82, 2.24) is 9.78 Å². The number of benzene rings is 2. The highest BCUT2D eigenvalue weighted by Gasteiger charge is 2.28. The van der Waals surface area contributed by atoms with Crippen molar-refractivity contribution in [3.8, 4) is 0 Å². The largest absolute Gasteiger partial charge is 0.322 e. The van der Waals surface area contributed by atoms with Crippen molar-refractivity contribution in [3.05, 3.63) is 71.4 Å². The maximum Gasteiger partial charge on any atom is 0.265 e. The Morgan fingerprint density at radius 1 is 1.10 bits per heavy atom. The van der Waals surface area contributed by atoms with Gasteiger partial charge < -0.3 is 5.32 Å². The van der Waals surface area contributed by atoms with Crippen LogP contribution in [0.3, 0.4) is 0 Å². The number of nitrogens with zero attached hydrogens (tertiary/aromatic N) is 3. The van der Waals surface area contributed by atoms with Gasteiger partial charge in [0.1, 0.15) is 5.56 Å². The SMILES string of the molecule is CCc1ccc(NC(=O)c2cnn(C)c2N(C)S(=O)(=O)c2ccc(C)cc2)cc1. The molecule has 0 bridgehead atoms. The number of hydrogen-bond donors (Lipinski definition) is 1. The predicted octanol–water partition coefficient (Wildman–Crippen LogP) is 3.37. The van der Waals surface area contributed by atoms with Crippen molar-refractivity contribution in [2.75, 3.05) is 16.7 Å². The molecular weight excluding hydrogens is 388 g/mol. The lowest BCUT2D eigenvalue weighted by molar-refractivity contribution is 0.102. The van der Waals surface area contributed by atoms with E-state index >= 15 is 0 Å². The number of sulfonamides is 1. The molecule has 0 fully saturated rings. The minimum Gasteiger partial charge on any atom is -0.322 e. The summed E-state index contributed by atoms with van der Waals surface area (Å²) in [5.41, 5.74) is 2.92. The van der Waals surface area contributed by atoms with E-state index in [2.05, 4.69) is 17.3 Å². The van der Waals surface area contributed by atoms with Gasteiger partial charge in [-0.25, -0.2) is 8.42 Å². The molecule has 8 heteroatoms. The lowest BCUT2D eigenvalue weighted by atomic mass is 10.1. The van der Waals surface area contributed by atoms with Crippen molar-refractivity contribution in [2.45, 2.75) is 25.2 Å². The van der Waals surface area contributed by atoms with Gasteiger partial charge in [0, 0.05) is 19.8 Å². The number of anilines is 2. The van der Waals surface area contributed by atoms with E-state index in [0.29, 0.717) is 5.69 Å². The van der Waals surface area contributed by atoms with E-state index in [4.69, 9.17) is 0 Å². The van der Waals surface area contributed by atoms with Gasteiger partial charge in [0.25, 0.3) is 15.9 Å². The van der Waals surface area contributed by atoms with Crippen LogP contribution < -0.4 is 9.62 Å². The first-order chi connectivity index (χ1) is 13.7. The topological polar surface area (TPSA) is 84.3 Å². The molecule has 0 saturated carbocycles. The first kappa shape index (κ1) is 20.6. The number of amides is 1. The fraction of sp³-hybridized carbons (Fsp3) is 0.238. The van der Waals surface area contributed by atoms with E-state index in [1.807, 2.05) is 31.2 Å². The molecule has 152 valence electrons. The zero-order chi connectivity index (χ0) is 21.2. The highest BCUT2D eigenvalue weighted by Crippen LogP contribution is 2.26. The molecule has 1 heterocycles. The minimum atomic E-state index is -3.85. The minimum absolute atomic E-state index is 0.147. The Morgan fingerprint density at radius 2 is 1.72 bits per heavy atom. The van der Waals surface area contributed by atoms with Gasteiger partial charge in [0.15, 0.2) is 5.82 Å². The van der Waals surface area contributed by atoms with E-state index in [1.165, 1.54) is 17.9 Å². The van der Waals surface area contributed by atoms with Gasteiger partial charge in [-0.1, -0.05) is 36.8 Å². The van der Waals surface area contributed by atoms with Crippen LogP contribution >= 0.6 is 0 Å². The Morgan fingerprint density at radius 3 is 2.31 bits per heavy atom. The molecule has 0 spiro atoms. The number of nitrogens with one attached hydrogen (secondary N) is 1. The number of rotatable bonds is 6. The summed E-state index contributed by atoms with van der Waals surface area (Å²) in [4.78, 5) is 13.0. The molecule has 29 heavy (non-hydrogen) atoms. The molecule has 0 unspecified atom stereocenters. The smallest absolute Gasteiger partial charge is 0.265 e. The van der Waals surface area contributed by atoms with Gasteiger partial charge in [-0.15, -0.1) is 0 Å². The summed E-state index contributed by atoms with van der Waals surface area (Å²) in [7, 11) is -0.830. The van der Waals surface area contributed by atoms with Crippen LogP contribution in [0.25, 0.3) is 0 Å². The van der Waals surface area contributed by atoms with Crippen LogP contribution in [0.2, 0.25) is 0 Å². The maximum absolute atomic E-state index is 13.1. The molecule has 0 saturated heterocycles. The Kier molecular flexibility index (Phi) is 5.74. The van der Waals surface area contributed by atoms with E-state index < -0.39 is 15.9 Å². The first-order valence-electron chi connectivity index (χ1n) is 9.22. The van der Waals surface area contributed by atoms with Crippen molar-refractivity contribution in [1.29, 1.82) is 0 Å². The first-order valence-corrected chi connectivity index (χ1v) is 10.7. The summed E-state index contributed by atoms with van der Waals surface area (Å²) < 4.78 is 28.6. The molecule has 2 aromatic carbocycles. The van der Waals surface area contributed by atoms with E-state index in [-0.39, 0.29) is 16.3 Å². The van der Waals surface area contributed by atoms with E-state index in [9.17, 15) is 13.2 Å². The zero-order valence-corrected chi connectivity index (χ0v) is 17.7. The molecule has 1 N–H and O–H groups in total.